The Labute approximate surface area is 84.5 Å². The number of ether oxygens (including phenoxy) is 1. The van der Waals surface area contributed by atoms with Crippen LogP contribution in [0.2, 0.25) is 0 Å². The third-order valence-corrected chi connectivity index (χ3v) is 2.34. The van der Waals surface area contributed by atoms with Gasteiger partial charge >= 0.3 is 0 Å². The lowest BCUT2D eigenvalue weighted by Gasteiger charge is -2.24. The highest BCUT2D eigenvalue weighted by atomic mass is 35.5. The molecule has 0 saturated heterocycles. The quantitative estimate of drug-likeness (QED) is 0.693. The minimum Gasteiger partial charge on any atom is -0.375 e. The first-order valence-corrected chi connectivity index (χ1v) is 4.21. The second kappa shape index (κ2) is 4.09. The van der Waals surface area contributed by atoms with Gasteiger partial charge in [0.05, 0.1) is 19.3 Å². The molecule has 0 radical (unpaired) electrons. The minimum absolute atomic E-state index is 0. The molecule has 13 heavy (non-hydrogen) atoms. The molecule has 1 aromatic carbocycles. The molecule has 0 aliphatic carbocycles. The molecular weight excluding hydrogens is 186 g/mol. The van der Waals surface area contributed by atoms with E-state index in [0.717, 1.165) is 0 Å². The van der Waals surface area contributed by atoms with E-state index in [1.165, 1.54) is 16.7 Å². The summed E-state index contributed by atoms with van der Waals surface area (Å²) in [4.78, 5) is 0. The number of fused-ring (bicyclic) bond motifs is 1. The number of hydrogen-bond acceptors (Lipinski definition) is 2. The zero-order chi connectivity index (χ0) is 8.55. The first-order chi connectivity index (χ1) is 5.79. The molecule has 1 aliphatic heterocycles. The standard InChI is InChI=1S/C10H13NO.ClH/c1-7-3-2-4-8-5-12-6-9(11)10(7)8;/h2-4,9H,5-6,11H2,1H3;1H. The van der Waals surface area contributed by atoms with E-state index in [0.29, 0.717) is 13.2 Å². The van der Waals surface area contributed by atoms with Gasteiger partial charge in [-0.2, -0.15) is 0 Å². The molecule has 0 saturated carbocycles. The van der Waals surface area contributed by atoms with Crippen LogP contribution >= 0.6 is 12.4 Å². The molecule has 2 N–H and O–H groups in total. The largest absolute Gasteiger partial charge is 0.375 e. The van der Waals surface area contributed by atoms with E-state index in [2.05, 4.69) is 25.1 Å². The monoisotopic (exact) mass is 199 g/mol. The van der Waals surface area contributed by atoms with Crippen LogP contribution in [0.5, 0.6) is 0 Å². The third-order valence-electron chi connectivity index (χ3n) is 2.34. The molecule has 2 rings (SSSR count). The van der Waals surface area contributed by atoms with Crippen LogP contribution in [-0.2, 0) is 11.3 Å². The van der Waals surface area contributed by atoms with E-state index in [1.807, 2.05) is 0 Å². The topological polar surface area (TPSA) is 35.2 Å². The molecule has 1 aliphatic rings. The van der Waals surface area contributed by atoms with E-state index in [9.17, 15) is 0 Å². The maximum absolute atomic E-state index is 5.92. The summed E-state index contributed by atoms with van der Waals surface area (Å²) in [5.41, 5.74) is 9.73. The molecule has 1 atom stereocenters. The van der Waals surface area contributed by atoms with Crippen molar-refractivity contribution in [3.8, 4) is 0 Å². The molecule has 1 unspecified atom stereocenters. The van der Waals surface area contributed by atoms with Crippen molar-refractivity contribution in [1.82, 2.24) is 0 Å². The van der Waals surface area contributed by atoms with Crippen LogP contribution in [-0.4, -0.2) is 6.61 Å². The van der Waals surface area contributed by atoms with Gasteiger partial charge in [-0.3, -0.25) is 0 Å². The smallest absolute Gasteiger partial charge is 0.0721 e. The molecular formula is C10H14ClNO. The van der Waals surface area contributed by atoms with Crippen molar-refractivity contribution in [2.24, 2.45) is 5.73 Å². The summed E-state index contributed by atoms with van der Waals surface area (Å²) in [6.07, 6.45) is 0. The Morgan fingerprint density at radius 3 is 2.92 bits per heavy atom. The Balaban J connectivity index is 0.000000845. The summed E-state index contributed by atoms with van der Waals surface area (Å²) in [6, 6.07) is 6.30. The number of rotatable bonds is 0. The summed E-state index contributed by atoms with van der Waals surface area (Å²) in [5, 5.41) is 0. The predicted molar refractivity (Wildman–Crippen MR) is 55.0 cm³/mol. The first-order valence-electron chi connectivity index (χ1n) is 4.21. The van der Waals surface area contributed by atoms with Crippen molar-refractivity contribution in [3.63, 3.8) is 0 Å². The lowest BCUT2D eigenvalue weighted by Crippen LogP contribution is -2.24. The van der Waals surface area contributed by atoms with E-state index < -0.39 is 0 Å². The Hall–Kier alpha value is -0.570. The maximum atomic E-state index is 5.92. The fourth-order valence-corrected chi connectivity index (χ4v) is 1.78. The summed E-state index contributed by atoms with van der Waals surface area (Å²) in [7, 11) is 0. The van der Waals surface area contributed by atoms with Gasteiger partial charge in [-0.05, 0) is 23.6 Å². The van der Waals surface area contributed by atoms with Gasteiger partial charge < -0.3 is 10.5 Å². The van der Waals surface area contributed by atoms with Gasteiger partial charge in [-0.15, -0.1) is 12.4 Å². The van der Waals surface area contributed by atoms with Gasteiger partial charge in [0.1, 0.15) is 0 Å². The Morgan fingerprint density at radius 1 is 1.46 bits per heavy atom. The lowest BCUT2D eigenvalue weighted by atomic mass is 9.95. The Bertz CT molecular complexity index is 301. The van der Waals surface area contributed by atoms with E-state index in [-0.39, 0.29) is 18.4 Å². The van der Waals surface area contributed by atoms with Crippen molar-refractivity contribution in [1.29, 1.82) is 0 Å². The van der Waals surface area contributed by atoms with Crippen molar-refractivity contribution >= 4 is 12.4 Å². The van der Waals surface area contributed by atoms with Crippen molar-refractivity contribution in [2.75, 3.05) is 6.61 Å². The van der Waals surface area contributed by atoms with Gasteiger partial charge in [0, 0.05) is 0 Å². The van der Waals surface area contributed by atoms with Gasteiger partial charge in [0.15, 0.2) is 0 Å². The zero-order valence-corrected chi connectivity index (χ0v) is 8.43. The number of benzene rings is 1. The van der Waals surface area contributed by atoms with Crippen LogP contribution in [0.25, 0.3) is 0 Å². The average molecular weight is 200 g/mol. The summed E-state index contributed by atoms with van der Waals surface area (Å²) < 4.78 is 5.34. The molecule has 1 heterocycles. The van der Waals surface area contributed by atoms with Crippen molar-refractivity contribution in [3.05, 3.63) is 34.9 Å². The molecule has 1 aromatic rings. The van der Waals surface area contributed by atoms with Gasteiger partial charge in [0.2, 0.25) is 0 Å². The normalized spacial score (nSPS) is 20.3. The highest BCUT2D eigenvalue weighted by Gasteiger charge is 2.18. The van der Waals surface area contributed by atoms with Gasteiger partial charge in [-0.25, -0.2) is 0 Å². The lowest BCUT2D eigenvalue weighted by molar-refractivity contribution is 0.0921. The molecule has 0 amide bonds. The SMILES string of the molecule is Cc1cccc2c1C(N)COC2.Cl. The van der Waals surface area contributed by atoms with Crippen LogP contribution in [0.1, 0.15) is 22.7 Å². The zero-order valence-electron chi connectivity index (χ0n) is 7.62. The number of nitrogens with two attached hydrogens (primary N) is 1. The summed E-state index contributed by atoms with van der Waals surface area (Å²) >= 11 is 0. The fourth-order valence-electron chi connectivity index (χ4n) is 1.78. The molecule has 0 fully saturated rings. The highest BCUT2D eigenvalue weighted by molar-refractivity contribution is 5.85. The number of aryl methyl sites for hydroxylation is 1. The number of halogens is 1. The highest BCUT2D eigenvalue weighted by Crippen LogP contribution is 2.25. The molecule has 2 nitrogen and oxygen atoms in total. The Morgan fingerprint density at radius 2 is 2.23 bits per heavy atom. The molecule has 0 bridgehead atoms. The molecule has 0 spiro atoms. The van der Waals surface area contributed by atoms with Crippen molar-refractivity contribution in [2.45, 2.75) is 19.6 Å². The van der Waals surface area contributed by atoms with Crippen molar-refractivity contribution < 1.29 is 4.74 Å². The van der Waals surface area contributed by atoms with Gasteiger partial charge in [-0.1, -0.05) is 18.2 Å². The Kier molecular flexibility index (Phi) is 3.31. The summed E-state index contributed by atoms with van der Waals surface area (Å²) in [5.74, 6) is 0. The molecule has 72 valence electrons. The predicted octanol–water partition coefficient (Wildman–Crippen LogP) is 1.95. The third kappa shape index (κ3) is 1.85. The van der Waals surface area contributed by atoms with Crippen LogP contribution < -0.4 is 5.73 Å². The van der Waals surface area contributed by atoms with Gasteiger partial charge in [0.25, 0.3) is 0 Å². The molecule has 0 aromatic heterocycles. The fraction of sp³-hybridized carbons (Fsp3) is 0.400. The van der Waals surface area contributed by atoms with E-state index >= 15 is 0 Å². The second-order valence-corrected chi connectivity index (χ2v) is 3.27. The summed E-state index contributed by atoms with van der Waals surface area (Å²) in [6.45, 7) is 3.46. The van der Waals surface area contributed by atoms with E-state index in [4.69, 9.17) is 10.5 Å². The van der Waals surface area contributed by atoms with Crippen LogP contribution in [0.15, 0.2) is 18.2 Å². The van der Waals surface area contributed by atoms with Crippen LogP contribution in [0.4, 0.5) is 0 Å². The average Bonchev–Trinajstić information content (AvgIpc) is 2.04. The van der Waals surface area contributed by atoms with Crippen LogP contribution in [0, 0.1) is 6.92 Å². The van der Waals surface area contributed by atoms with Crippen LogP contribution in [0.3, 0.4) is 0 Å². The molecule has 3 heteroatoms. The minimum atomic E-state index is 0. The second-order valence-electron chi connectivity index (χ2n) is 3.27. The number of hydrogen-bond donors (Lipinski definition) is 1. The van der Waals surface area contributed by atoms with E-state index in [1.54, 1.807) is 0 Å². The maximum Gasteiger partial charge on any atom is 0.0721 e. The first kappa shape index (κ1) is 10.5.